The molecule has 196 valence electrons. The lowest BCUT2D eigenvalue weighted by molar-refractivity contribution is 0.306. The van der Waals surface area contributed by atoms with Crippen molar-refractivity contribution >= 4 is 10.9 Å². The summed E-state index contributed by atoms with van der Waals surface area (Å²) in [6.07, 6.45) is 6.03. The summed E-state index contributed by atoms with van der Waals surface area (Å²) in [4.78, 5) is 13.6. The molecule has 0 aliphatic heterocycles. The number of pyridine rings is 1. The minimum Gasteiger partial charge on any atom is -0.504 e. The second-order valence-corrected chi connectivity index (χ2v) is 9.66. The second kappa shape index (κ2) is 12.8. The molecule has 0 radical (unpaired) electrons. The fourth-order valence-electron chi connectivity index (χ4n) is 4.30. The van der Waals surface area contributed by atoms with Gasteiger partial charge in [-0.05, 0) is 62.9 Å². The lowest BCUT2D eigenvalue weighted by Crippen LogP contribution is -2.23. The Kier molecular flexibility index (Phi) is 9.04. The maximum Gasteiger partial charge on any atom is 0.297 e. The number of hydrogen-bond donors (Lipinski definition) is 1. The van der Waals surface area contributed by atoms with Gasteiger partial charge in [0.15, 0.2) is 5.75 Å². The molecule has 0 aliphatic carbocycles. The zero-order chi connectivity index (χ0) is 26.9. The number of benzene rings is 3. The largest absolute Gasteiger partial charge is 0.504 e. The van der Waals surface area contributed by atoms with Gasteiger partial charge in [0.25, 0.3) is 5.56 Å². The molecule has 38 heavy (non-hydrogen) atoms. The van der Waals surface area contributed by atoms with Crippen molar-refractivity contribution in [2.75, 3.05) is 6.61 Å². The summed E-state index contributed by atoms with van der Waals surface area (Å²) in [5, 5.41) is 11.8. The van der Waals surface area contributed by atoms with Gasteiger partial charge in [0.05, 0.1) is 17.4 Å². The van der Waals surface area contributed by atoms with Crippen molar-refractivity contribution in [3.63, 3.8) is 0 Å². The molecular weight excluding hydrogens is 474 g/mol. The standard InChI is InChI=1S/C33H35NO4/c1-24(2)12-10-13-25(3)20-21-37-32-31(35)30-28(34(33(32)36)22-26-14-6-4-7-15-26)18-11-19-29(30)38-23-27-16-8-5-9-17-27/h4-9,11-12,14-20,35H,10,13,21-23H2,1-3H3. The van der Waals surface area contributed by atoms with E-state index in [1.807, 2.05) is 85.8 Å². The maximum atomic E-state index is 13.6. The van der Waals surface area contributed by atoms with Crippen LogP contribution in [0.15, 0.2) is 107 Å². The summed E-state index contributed by atoms with van der Waals surface area (Å²) in [5.41, 5.74) is 4.64. The Morgan fingerprint density at radius 1 is 0.842 bits per heavy atom. The van der Waals surface area contributed by atoms with Crippen molar-refractivity contribution in [3.8, 4) is 17.2 Å². The summed E-state index contributed by atoms with van der Waals surface area (Å²) >= 11 is 0. The predicted octanol–water partition coefficient (Wildman–Crippen LogP) is 7.41. The molecule has 0 saturated heterocycles. The number of rotatable bonds is 11. The molecule has 0 amide bonds. The Morgan fingerprint density at radius 2 is 1.53 bits per heavy atom. The molecule has 0 atom stereocenters. The molecule has 0 spiro atoms. The van der Waals surface area contributed by atoms with Crippen molar-refractivity contribution in [3.05, 3.63) is 124 Å². The number of nitrogens with zero attached hydrogens (tertiary/aromatic N) is 1. The summed E-state index contributed by atoms with van der Waals surface area (Å²) < 4.78 is 13.7. The first-order chi connectivity index (χ1) is 18.4. The molecule has 1 heterocycles. The molecule has 0 unspecified atom stereocenters. The molecule has 0 saturated carbocycles. The van der Waals surface area contributed by atoms with E-state index < -0.39 is 0 Å². The van der Waals surface area contributed by atoms with Crippen LogP contribution in [-0.2, 0) is 13.2 Å². The Hall–Kier alpha value is -4.25. The number of aromatic nitrogens is 1. The first-order valence-electron chi connectivity index (χ1n) is 12.9. The van der Waals surface area contributed by atoms with Crippen molar-refractivity contribution in [1.29, 1.82) is 0 Å². The minimum atomic E-state index is -0.380. The van der Waals surface area contributed by atoms with Crippen LogP contribution in [0.1, 0.15) is 44.7 Å². The number of ether oxygens (including phenoxy) is 2. The highest BCUT2D eigenvalue weighted by Gasteiger charge is 2.21. The Bertz CT molecular complexity index is 1480. The minimum absolute atomic E-state index is 0.0717. The van der Waals surface area contributed by atoms with Crippen LogP contribution < -0.4 is 15.0 Å². The Balaban J connectivity index is 1.71. The number of hydrogen-bond acceptors (Lipinski definition) is 4. The van der Waals surface area contributed by atoms with Crippen LogP contribution in [0.4, 0.5) is 0 Å². The summed E-state index contributed by atoms with van der Waals surface area (Å²) in [6, 6.07) is 25.1. The summed E-state index contributed by atoms with van der Waals surface area (Å²) in [5.74, 6) is 0.218. The highest BCUT2D eigenvalue weighted by molar-refractivity contribution is 5.93. The number of allylic oxidation sites excluding steroid dienone is 3. The lowest BCUT2D eigenvalue weighted by atomic mass is 10.1. The van der Waals surface area contributed by atoms with Gasteiger partial charge in [0.2, 0.25) is 5.75 Å². The molecule has 3 aromatic carbocycles. The Labute approximate surface area is 224 Å². The van der Waals surface area contributed by atoms with Gasteiger partial charge in [-0.2, -0.15) is 0 Å². The molecule has 4 aromatic rings. The van der Waals surface area contributed by atoms with Gasteiger partial charge in [-0.3, -0.25) is 4.79 Å². The van der Waals surface area contributed by atoms with E-state index in [4.69, 9.17) is 9.47 Å². The predicted molar refractivity (Wildman–Crippen MR) is 154 cm³/mol. The first kappa shape index (κ1) is 26.8. The molecule has 5 heteroatoms. The fraction of sp³-hybridized carbons (Fsp3) is 0.242. The molecule has 1 N–H and O–H groups in total. The second-order valence-electron chi connectivity index (χ2n) is 9.66. The Morgan fingerprint density at radius 3 is 2.21 bits per heavy atom. The highest BCUT2D eigenvalue weighted by Crippen LogP contribution is 2.38. The van der Waals surface area contributed by atoms with E-state index in [0.29, 0.717) is 29.8 Å². The third-order valence-electron chi connectivity index (χ3n) is 6.36. The van der Waals surface area contributed by atoms with Gasteiger partial charge in [0, 0.05) is 0 Å². The van der Waals surface area contributed by atoms with Gasteiger partial charge in [-0.15, -0.1) is 0 Å². The van der Waals surface area contributed by atoms with E-state index in [1.54, 1.807) is 10.6 Å². The van der Waals surface area contributed by atoms with Crippen LogP contribution in [0.25, 0.3) is 10.9 Å². The average molecular weight is 510 g/mol. The zero-order valence-electron chi connectivity index (χ0n) is 22.3. The van der Waals surface area contributed by atoms with Crippen LogP contribution in [0.3, 0.4) is 0 Å². The smallest absolute Gasteiger partial charge is 0.297 e. The fourth-order valence-corrected chi connectivity index (χ4v) is 4.30. The topological polar surface area (TPSA) is 60.7 Å². The van der Waals surface area contributed by atoms with E-state index in [2.05, 4.69) is 19.9 Å². The van der Waals surface area contributed by atoms with E-state index in [9.17, 15) is 9.90 Å². The average Bonchev–Trinajstić information content (AvgIpc) is 2.92. The van der Waals surface area contributed by atoms with Crippen LogP contribution >= 0.6 is 0 Å². The van der Waals surface area contributed by atoms with Gasteiger partial charge >= 0.3 is 0 Å². The van der Waals surface area contributed by atoms with Gasteiger partial charge in [-0.25, -0.2) is 0 Å². The summed E-state index contributed by atoms with van der Waals surface area (Å²) in [6.45, 7) is 7.08. The van der Waals surface area contributed by atoms with E-state index in [1.165, 1.54) is 11.1 Å². The zero-order valence-corrected chi connectivity index (χ0v) is 22.3. The number of aromatic hydroxyl groups is 1. The van der Waals surface area contributed by atoms with Gasteiger partial charge < -0.3 is 19.1 Å². The van der Waals surface area contributed by atoms with Gasteiger partial charge in [-0.1, -0.05) is 84.0 Å². The monoisotopic (exact) mass is 509 g/mol. The third-order valence-corrected chi connectivity index (χ3v) is 6.36. The highest BCUT2D eigenvalue weighted by atomic mass is 16.5. The van der Waals surface area contributed by atoms with E-state index in [0.717, 1.165) is 24.0 Å². The van der Waals surface area contributed by atoms with Gasteiger partial charge in [0.1, 0.15) is 19.0 Å². The molecule has 5 nitrogen and oxygen atoms in total. The molecule has 1 aromatic heterocycles. The van der Waals surface area contributed by atoms with Crippen molar-refractivity contribution in [1.82, 2.24) is 4.57 Å². The van der Waals surface area contributed by atoms with E-state index in [-0.39, 0.29) is 23.7 Å². The molecule has 0 fully saturated rings. The first-order valence-corrected chi connectivity index (χ1v) is 12.9. The third kappa shape index (κ3) is 6.74. The lowest BCUT2D eigenvalue weighted by Gasteiger charge is -2.18. The van der Waals surface area contributed by atoms with Crippen molar-refractivity contribution in [2.45, 2.75) is 46.8 Å². The maximum absolute atomic E-state index is 13.6. The van der Waals surface area contributed by atoms with Crippen LogP contribution in [0.5, 0.6) is 17.2 Å². The van der Waals surface area contributed by atoms with Crippen LogP contribution in [-0.4, -0.2) is 16.3 Å². The van der Waals surface area contributed by atoms with Crippen LogP contribution in [0.2, 0.25) is 0 Å². The molecule has 0 aliphatic rings. The number of fused-ring (bicyclic) bond motifs is 1. The normalized spacial score (nSPS) is 11.4. The van der Waals surface area contributed by atoms with Crippen molar-refractivity contribution < 1.29 is 14.6 Å². The SMILES string of the molecule is CC(C)=CCCC(C)=CCOc1c(O)c2c(OCc3ccccc3)cccc2n(Cc2ccccc2)c1=O. The molecular formula is C33H35NO4. The van der Waals surface area contributed by atoms with Crippen LogP contribution in [0, 0.1) is 0 Å². The van der Waals surface area contributed by atoms with Crippen molar-refractivity contribution in [2.24, 2.45) is 0 Å². The quantitative estimate of drug-likeness (QED) is 0.214. The molecule has 0 bridgehead atoms. The molecule has 4 rings (SSSR count). The summed E-state index contributed by atoms with van der Waals surface area (Å²) in [7, 11) is 0. The van der Waals surface area contributed by atoms with E-state index >= 15 is 0 Å².